The topological polar surface area (TPSA) is 269 Å². The maximum absolute atomic E-state index is 13.0. The number of carboxylic acids is 2. The van der Waals surface area contributed by atoms with Crippen molar-refractivity contribution in [3.8, 4) is 0 Å². The fourth-order valence-corrected chi connectivity index (χ4v) is 3.51. The summed E-state index contributed by atoms with van der Waals surface area (Å²) in [6.45, 7) is 5.45. The first-order valence-corrected chi connectivity index (χ1v) is 13.1. The molecule has 0 aromatic carbocycles. The van der Waals surface area contributed by atoms with Crippen molar-refractivity contribution in [3.63, 3.8) is 0 Å². The highest BCUT2D eigenvalue weighted by molar-refractivity contribution is 5.96. The van der Waals surface area contributed by atoms with Crippen LogP contribution >= 0.6 is 0 Å². The number of nitrogens with two attached hydrogens (primary N) is 3. The minimum Gasteiger partial charge on any atom is -0.481 e. The lowest BCUT2D eigenvalue weighted by Crippen LogP contribution is -2.59. The van der Waals surface area contributed by atoms with Gasteiger partial charge in [-0.05, 0) is 58.0 Å². The van der Waals surface area contributed by atoms with E-state index < -0.39 is 78.1 Å². The van der Waals surface area contributed by atoms with E-state index in [1.807, 2.05) is 0 Å². The van der Waals surface area contributed by atoms with Gasteiger partial charge in [-0.2, -0.15) is 0 Å². The highest BCUT2D eigenvalue weighted by atomic mass is 16.4. The second-order valence-electron chi connectivity index (χ2n) is 9.69. The predicted octanol–water partition coefficient (Wildman–Crippen LogP) is -2.25. The molecule has 39 heavy (non-hydrogen) atoms. The van der Waals surface area contributed by atoms with E-state index in [9.17, 15) is 39.0 Å². The van der Waals surface area contributed by atoms with E-state index in [1.165, 1.54) is 6.92 Å². The van der Waals surface area contributed by atoms with E-state index in [-0.39, 0.29) is 6.42 Å². The van der Waals surface area contributed by atoms with Crippen molar-refractivity contribution in [2.75, 3.05) is 13.1 Å². The Morgan fingerprint density at radius 3 is 1.69 bits per heavy atom. The largest absolute Gasteiger partial charge is 0.481 e. The first-order chi connectivity index (χ1) is 18.2. The molecule has 0 heterocycles. The number of amides is 4. The number of carboxylic acid groups (broad SMARTS) is 2. The summed E-state index contributed by atoms with van der Waals surface area (Å²) in [4.78, 5) is 73.6. The Kier molecular flexibility index (Phi) is 17.3. The van der Waals surface area contributed by atoms with Gasteiger partial charge in [0.15, 0.2) is 0 Å². The summed E-state index contributed by atoms with van der Waals surface area (Å²) in [7, 11) is 0. The smallest absolute Gasteiger partial charge is 0.326 e. The molecule has 5 atom stereocenters. The predicted molar refractivity (Wildman–Crippen MR) is 142 cm³/mol. The average molecular weight is 560 g/mol. The molecule has 0 aromatic heterocycles. The zero-order valence-corrected chi connectivity index (χ0v) is 22.9. The average Bonchev–Trinajstić information content (AvgIpc) is 2.85. The molecule has 0 saturated carbocycles. The van der Waals surface area contributed by atoms with Gasteiger partial charge in [0.1, 0.15) is 24.2 Å². The normalized spacial score (nSPS) is 14.8. The van der Waals surface area contributed by atoms with Gasteiger partial charge in [-0.15, -0.1) is 0 Å². The van der Waals surface area contributed by atoms with Gasteiger partial charge >= 0.3 is 11.9 Å². The minimum absolute atomic E-state index is 0.0664. The second-order valence-corrected chi connectivity index (χ2v) is 9.69. The molecule has 12 N–H and O–H groups in total. The Labute approximate surface area is 228 Å². The third-order valence-electron chi connectivity index (χ3n) is 5.88. The SMILES string of the molecule is CC(NC(=O)C(N)CCCCN)C(=O)NC(C(=O)NC(CC(=O)O)C(=O)NC(CCCCN)C(=O)O)C(C)C. The van der Waals surface area contributed by atoms with E-state index in [0.29, 0.717) is 45.2 Å². The number of aliphatic carboxylic acids is 2. The zero-order valence-electron chi connectivity index (χ0n) is 22.9. The van der Waals surface area contributed by atoms with Gasteiger partial charge in [0.05, 0.1) is 12.5 Å². The van der Waals surface area contributed by atoms with Crippen LogP contribution in [0.2, 0.25) is 0 Å². The minimum atomic E-state index is -1.60. The summed E-state index contributed by atoms with van der Waals surface area (Å²) >= 11 is 0. The Hall–Kier alpha value is -3.30. The third kappa shape index (κ3) is 14.4. The van der Waals surface area contributed by atoms with Crippen LogP contribution in [-0.4, -0.2) is 89.1 Å². The molecule has 0 aliphatic rings. The van der Waals surface area contributed by atoms with Crippen molar-refractivity contribution >= 4 is 35.6 Å². The summed E-state index contributed by atoms with van der Waals surface area (Å²) in [6.07, 6.45) is 1.93. The first kappa shape index (κ1) is 35.7. The van der Waals surface area contributed by atoms with Gasteiger partial charge in [-0.25, -0.2) is 4.79 Å². The Balaban J connectivity index is 5.36. The second kappa shape index (κ2) is 18.9. The van der Waals surface area contributed by atoms with Gasteiger partial charge in [0.25, 0.3) is 0 Å². The van der Waals surface area contributed by atoms with Gasteiger partial charge in [-0.1, -0.05) is 20.3 Å². The van der Waals surface area contributed by atoms with E-state index >= 15 is 0 Å². The third-order valence-corrected chi connectivity index (χ3v) is 5.88. The lowest BCUT2D eigenvalue weighted by atomic mass is 10.0. The van der Waals surface area contributed by atoms with E-state index in [0.717, 1.165) is 0 Å². The van der Waals surface area contributed by atoms with Crippen molar-refractivity contribution in [1.29, 1.82) is 0 Å². The summed E-state index contributed by atoms with van der Waals surface area (Å²) < 4.78 is 0. The molecule has 224 valence electrons. The number of hydrogen-bond acceptors (Lipinski definition) is 9. The van der Waals surface area contributed by atoms with Crippen LogP contribution in [0, 0.1) is 5.92 Å². The monoisotopic (exact) mass is 559 g/mol. The molecule has 0 spiro atoms. The van der Waals surface area contributed by atoms with Crippen LogP contribution in [-0.2, 0) is 28.8 Å². The lowest BCUT2D eigenvalue weighted by Gasteiger charge is -2.27. The number of unbranched alkanes of at least 4 members (excludes halogenated alkanes) is 2. The summed E-state index contributed by atoms with van der Waals surface area (Å²) in [5.41, 5.74) is 16.7. The highest BCUT2D eigenvalue weighted by Crippen LogP contribution is 2.07. The molecule has 0 bridgehead atoms. The molecular formula is C24H45N7O8. The van der Waals surface area contributed by atoms with Crippen LogP contribution in [0.3, 0.4) is 0 Å². The number of carbonyl (C=O) groups excluding carboxylic acids is 4. The van der Waals surface area contributed by atoms with Crippen molar-refractivity contribution in [3.05, 3.63) is 0 Å². The summed E-state index contributed by atoms with van der Waals surface area (Å²) in [5.74, 6) is -6.31. The van der Waals surface area contributed by atoms with Gasteiger partial charge in [0, 0.05) is 0 Å². The Morgan fingerprint density at radius 1 is 0.667 bits per heavy atom. The zero-order chi connectivity index (χ0) is 30.1. The standard InChI is InChI=1S/C24H45N7O8/c1-13(2)19(31-20(34)14(3)28-21(35)15(27)8-4-6-10-25)23(37)30-17(12-18(32)33)22(36)29-16(24(38)39)9-5-7-11-26/h13-17,19H,4-12,25-27H2,1-3H3,(H,28,35)(H,29,36)(H,30,37)(H,31,34)(H,32,33)(H,38,39). The molecule has 0 rings (SSSR count). The Bertz CT molecular complexity index is 839. The van der Waals surface area contributed by atoms with Crippen LogP contribution in [0.5, 0.6) is 0 Å². The van der Waals surface area contributed by atoms with Crippen LogP contribution in [0.4, 0.5) is 0 Å². The van der Waals surface area contributed by atoms with Crippen LogP contribution < -0.4 is 38.5 Å². The molecule has 5 unspecified atom stereocenters. The highest BCUT2D eigenvalue weighted by Gasteiger charge is 2.33. The van der Waals surface area contributed by atoms with Crippen LogP contribution in [0.25, 0.3) is 0 Å². The summed E-state index contributed by atoms with van der Waals surface area (Å²) in [5, 5.41) is 28.2. The molecular weight excluding hydrogens is 514 g/mol. The fraction of sp³-hybridized carbons (Fsp3) is 0.750. The van der Waals surface area contributed by atoms with Crippen molar-refractivity contribution in [1.82, 2.24) is 21.3 Å². The van der Waals surface area contributed by atoms with Crippen LogP contribution in [0.15, 0.2) is 0 Å². The van der Waals surface area contributed by atoms with Gasteiger partial charge < -0.3 is 48.7 Å². The molecule has 0 aliphatic heterocycles. The van der Waals surface area contributed by atoms with Crippen molar-refractivity contribution in [2.45, 2.75) is 95.9 Å². The van der Waals surface area contributed by atoms with Crippen molar-refractivity contribution < 1.29 is 39.0 Å². The molecule has 0 aliphatic carbocycles. The molecule has 0 fully saturated rings. The first-order valence-electron chi connectivity index (χ1n) is 13.1. The fourth-order valence-electron chi connectivity index (χ4n) is 3.51. The lowest BCUT2D eigenvalue weighted by molar-refractivity contribution is -0.144. The van der Waals surface area contributed by atoms with E-state index in [2.05, 4.69) is 21.3 Å². The number of carbonyl (C=O) groups is 6. The molecule has 4 amide bonds. The number of nitrogens with one attached hydrogen (secondary N) is 4. The quantitative estimate of drug-likeness (QED) is 0.0718. The van der Waals surface area contributed by atoms with Crippen molar-refractivity contribution in [2.24, 2.45) is 23.1 Å². The van der Waals surface area contributed by atoms with Gasteiger partial charge in [0.2, 0.25) is 23.6 Å². The van der Waals surface area contributed by atoms with E-state index in [1.54, 1.807) is 13.8 Å². The van der Waals surface area contributed by atoms with Crippen LogP contribution in [0.1, 0.15) is 65.7 Å². The number of rotatable bonds is 20. The molecule has 15 nitrogen and oxygen atoms in total. The maximum atomic E-state index is 13.0. The molecule has 0 saturated heterocycles. The summed E-state index contributed by atoms with van der Waals surface area (Å²) in [6, 6.07) is -5.98. The Morgan fingerprint density at radius 2 is 1.21 bits per heavy atom. The maximum Gasteiger partial charge on any atom is 0.326 e. The number of hydrogen-bond donors (Lipinski definition) is 9. The van der Waals surface area contributed by atoms with Gasteiger partial charge in [-0.3, -0.25) is 24.0 Å². The molecule has 0 aromatic rings. The molecule has 0 radical (unpaired) electrons. The molecule has 15 heteroatoms. The van der Waals surface area contributed by atoms with E-state index in [4.69, 9.17) is 17.2 Å².